The third-order valence-electron chi connectivity index (χ3n) is 2.45. The topological polar surface area (TPSA) is 29.5 Å². The van der Waals surface area contributed by atoms with Gasteiger partial charge >= 0.3 is 0 Å². The number of hydrogen-bond acceptors (Lipinski definition) is 3. The fourth-order valence-electron chi connectivity index (χ4n) is 1.59. The van der Waals surface area contributed by atoms with E-state index in [0.717, 1.165) is 17.0 Å². The number of carbonyl (C=O) groups excluding carboxylic acids is 1. The molecule has 0 aromatic heterocycles. The van der Waals surface area contributed by atoms with Crippen molar-refractivity contribution in [2.45, 2.75) is 20.8 Å². The second kappa shape index (κ2) is 5.53. The van der Waals surface area contributed by atoms with E-state index in [9.17, 15) is 4.79 Å². The molecule has 0 bridgehead atoms. The van der Waals surface area contributed by atoms with E-state index in [4.69, 9.17) is 4.74 Å². The molecule has 0 aromatic rings. The normalized spacial score (nSPS) is 17.5. The molecule has 92 valence electrons. The van der Waals surface area contributed by atoms with Crippen LogP contribution in [0.3, 0.4) is 0 Å². The number of allylic oxidation sites excluding steroid dienone is 5. The number of ketones is 1. The number of Topliss-reactive ketones (excluding diaryl/α,β-unsaturated/α-hetero) is 1. The maximum Gasteiger partial charge on any atom is 0.161 e. The maximum atomic E-state index is 11.7. The maximum absolute atomic E-state index is 11.7. The first-order valence-corrected chi connectivity index (χ1v) is 5.52. The summed E-state index contributed by atoms with van der Waals surface area (Å²) in [7, 11) is 3.53. The first kappa shape index (κ1) is 13.3. The van der Waals surface area contributed by atoms with Crippen molar-refractivity contribution in [2.24, 2.45) is 0 Å². The summed E-state index contributed by atoms with van der Waals surface area (Å²) < 4.78 is 5.19. The molecule has 0 saturated heterocycles. The van der Waals surface area contributed by atoms with Gasteiger partial charge in [-0.1, -0.05) is 11.6 Å². The second-order valence-corrected chi connectivity index (χ2v) is 4.25. The first-order chi connectivity index (χ1) is 7.95. The number of ether oxygens (including phenoxy) is 1. The van der Waals surface area contributed by atoms with Crippen LogP contribution in [0, 0.1) is 0 Å². The van der Waals surface area contributed by atoms with Gasteiger partial charge in [-0.25, -0.2) is 0 Å². The number of hydrogen-bond donors (Lipinski definition) is 0. The lowest BCUT2D eigenvalue weighted by atomic mass is 10.0. The molecule has 1 heterocycles. The van der Waals surface area contributed by atoms with E-state index in [1.54, 1.807) is 14.0 Å². The third-order valence-corrected chi connectivity index (χ3v) is 2.45. The monoisotopic (exact) mass is 233 g/mol. The van der Waals surface area contributed by atoms with E-state index in [1.807, 2.05) is 50.2 Å². The van der Waals surface area contributed by atoms with Gasteiger partial charge in [0, 0.05) is 24.9 Å². The molecule has 0 fully saturated rings. The van der Waals surface area contributed by atoms with Crippen LogP contribution >= 0.6 is 0 Å². The molecule has 0 unspecified atom stereocenters. The van der Waals surface area contributed by atoms with Gasteiger partial charge in [0.2, 0.25) is 0 Å². The molecule has 0 spiro atoms. The highest BCUT2D eigenvalue weighted by Gasteiger charge is 2.14. The van der Waals surface area contributed by atoms with E-state index < -0.39 is 0 Å². The van der Waals surface area contributed by atoms with Crippen molar-refractivity contribution in [3.05, 3.63) is 47.0 Å². The van der Waals surface area contributed by atoms with Crippen LogP contribution in [0.4, 0.5) is 0 Å². The molecule has 1 rings (SSSR count). The molecule has 0 N–H and O–H groups in total. The van der Waals surface area contributed by atoms with Crippen molar-refractivity contribution in [1.82, 2.24) is 4.90 Å². The van der Waals surface area contributed by atoms with Gasteiger partial charge in [0.25, 0.3) is 0 Å². The summed E-state index contributed by atoms with van der Waals surface area (Å²) in [6, 6.07) is 0. The molecule has 3 heteroatoms. The van der Waals surface area contributed by atoms with Crippen molar-refractivity contribution in [3.8, 4) is 0 Å². The Hall–Kier alpha value is -1.77. The lowest BCUT2D eigenvalue weighted by Gasteiger charge is -2.22. The highest BCUT2D eigenvalue weighted by Crippen LogP contribution is 2.21. The van der Waals surface area contributed by atoms with Gasteiger partial charge in [0.1, 0.15) is 5.76 Å². The molecule has 0 aliphatic carbocycles. The van der Waals surface area contributed by atoms with Crippen molar-refractivity contribution in [2.75, 3.05) is 14.2 Å². The summed E-state index contributed by atoms with van der Waals surface area (Å²) in [5.74, 6) is 0.800. The van der Waals surface area contributed by atoms with Crippen LogP contribution in [0.2, 0.25) is 0 Å². The minimum atomic E-state index is 0.0510. The van der Waals surface area contributed by atoms with Crippen molar-refractivity contribution in [1.29, 1.82) is 0 Å². The Balaban J connectivity index is 3.32. The minimum absolute atomic E-state index is 0.0510. The van der Waals surface area contributed by atoms with Crippen molar-refractivity contribution < 1.29 is 9.53 Å². The molecule has 3 nitrogen and oxygen atoms in total. The van der Waals surface area contributed by atoms with Gasteiger partial charge in [-0.05, 0) is 26.8 Å². The van der Waals surface area contributed by atoms with Crippen LogP contribution in [0.1, 0.15) is 20.8 Å². The predicted molar refractivity (Wildman–Crippen MR) is 69.1 cm³/mol. The minimum Gasteiger partial charge on any atom is -0.497 e. The molecule has 0 saturated carbocycles. The summed E-state index contributed by atoms with van der Waals surface area (Å²) in [6.07, 6.45) is 7.52. The Morgan fingerprint density at radius 2 is 2.00 bits per heavy atom. The summed E-state index contributed by atoms with van der Waals surface area (Å²) in [5, 5.41) is 0. The molecule has 1 aliphatic heterocycles. The Morgan fingerprint density at radius 3 is 2.47 bits per heavy atom. The number of likely N-dealkylation sites (N-methyl/N-ethyl adjacent to an activating group) is 1. The zero-order chi connectivity index (χ0) is 13.0. The van der Waals surface area contributed by atoms with Crippen LogP contribution < -0.4 is 0 Å². The Kier molecular flexibility index (Phi) is 4.32. The highest BCUT2D eigenvalue weighted by atomic mass is 16.5. The Morgan fingerprint density at radius 1 is 1.35 bits per heavy atom. The number of nitrogens with zero attached hydrogens (tertiary/aromatic N) is 1. The lowest BCUT2D eigenvalue weighted by molar-refractivity contribution is -0.113. The summed E-state index contributed by atoms with van der Waals surface area (Å²) in [6.45, 7) is 5.53. The zero-order valence-electron chi connectivity index (χ0n) is 11.1. The van der Waals surface area contributed by atoms with Gasteiger partial charge in [0.15, 0.2) is 5.78 Å². The molecular weight excluding hydrogens is 214 g/mol. The Bertz CT molecular complexity index is 435. The van der Waals surface area contributed by atoms with Gasteiger partial charge in [-0.2, -0.15) is 0 Å². The summed E-state index contributed by atoms with van der Waals surface area (Å²) >= 11 is 0. The van der Waals surface area contributed by atoms with Crippen molar-refractivity contribution in [3.63, 3.8) is 0 Å². The third kappa shape index (κ3) is 3.34. The fourth-order valence-corrected chi connectivity index (χ4v) is 1.59. The van der Waals surface area contributed by atoms with Crippen LogP contribution in [0.15, 0.2) is 47.0 Å². The first-order valence-electron chi connectivity index (χ1n) is 5.52. The molecular formula is C14H19NO2. The van der Waals surface area contributed by atoms with E-state index in [2.05, 4.69) is 0 Å². The predicted octanol–water partition coefficient (Wildman–Crippen LogP) is 2.79. The van der Waals surface area contributed by atoms with Gasteiger partial charge in [-0.15, -0.1) is 0 Å². The van der Waals surface area contributed by atoms with Crippen molar-refractivity contribution >= 4 is 5.78 Å². The zero-order valence-corrected chi connectivity index (χ0v) is 11.1. The van der Waals surface area contributed by atoms with E-state index in [-0.39, 0.29) is 5.78 Å². The summed E-state index contributed by atoms with van der Waals surface area (Å²) in [4.78, 5) is 13.6. The lowest BCUT2D eigenvalue weighted by Crippen LogP contribution is -2.17. The smallest absolute Gasteiger partial charge is 0.161 e. The van der Waals surface area contributed by atoms with Crippen LogP contribution in [-0.2, 0) is 9.53 Å². The number of rotatable bonds is 3. The van der Waals surface area contributed by atoms with Crippen LogP contribution in [0.25, 0.3) is 0 Å². The van der Waals surface area contributed by atoms with E-state index in [0.29, 0.717) is 5.57 Å². The highest BCUT2D eigenvalue weighted by molar-refractivity contribution is 5.97. The molecule has 17 heavy (non-hydrogen) atoms. The van der Waals surface area contributed by atoms with Crippen LogP contribution in [-0.4, -0.2) is 24.8 Å². The van der Waals surface area contributed by atoms with Gasteiger partial charge in [-0.3, -0.25) is 4.79 Å². The van der Waals surface area contributed by atoms with Crippen LogP contribution in [0.5, 0.6) is 0 Å². The largest absolute Gasteiger partial charge is 0.497 e. The van der Waals surface area contributed by atoms with E-state index in [1.165, 1.54) is 0 Å². The second-order valence-electron chi connectivity index (χ2n) is 4.25. The average Bonchev–Trinajstić information content (AvgIpc) is 2.26. The fraction of sp³-hybridized carbons (Fsp3) is 0.357. The average molecular weight is 233 g/mol. The molecule has 1 aliphatic rings. The van der Waals surface area contributed by atoms with Gasteiger partial charge < -0.3 is 9.64 Å². The molecule has 0 atom stereocenters. The molecule has 0 aromatic carbocycles. The number of carbonyl (C=O) groups is 1. The molecule has 0 radical (unpaired) electrons. The quantitative estimate of drug-likeness (QED) is 0.702. The van der Waals surface area contributed by atoms with E-state index >= 15 is 0 Å². The number of methoxy groups -OCH3 is 1. The standard InChI is InChI=1S/C14H19NO2/c1-10(2)8-13(11(3)16)14-9-12(17-5)6-7-15(14)4/h6-9H,1-5H3/b14-13+. The van der Waals surface area contributed by atoms with Gasteiger partial charge in [0.05, 0.1) is 12.8 Å². The summed E-state index contributed by atoms with van der Waals surface area (Å²) in [5.41, 5.74) is 2.66. The SMILES string of the molecule is COC1=C/C(=C(/C=C(C)C)C(C)=O)N(C)C=C1. The molecule has 0 amide bonds. The Labute approximate surface area is 103 Å².